The van der Waals surface area contributed by atoms with Crippen molar-refractivity contribution in [3.8, 4) is 0 Å². The molecule has 1 aliphatic rings. The van der Waals surface area contributed by atoms with Crippen LogP contribution >= 0.6 is 11.3 Å². The summed E-state index contributed by atoms with van der Waals surface area (Å²) in [6, 6.07) is 4.91. The Kier molecular flexibility index (Phi) is 8.47. The molecule has 8 heteroatoms. The third kappa shape index (κ3) is 5.95. The van der Waals surface area contributed by atoms with E-state index in [4.69, 9.17) is 9.47 Å². The maximum Gasteiger partial charge on any atom is 0.332 e. The quantitative estimate of drug-likeness (QED) is 0.401. The maximum absolute atomic E-state index is 14.5. The van der Waals surface area contributed by atoms with E-state index in [1.807, 2.05) is 44.4 Å². The van der Waals surface area contributed by atoms with Gasteiger partial charge in [-0.1, -0.05) is 40.7 Å². The Morgan fingerprint density at radius 3 is 2.29 bits per heavy atom. The lowest BCUT2D eigenvalue weighted by Gasteiger charge is -2.41. The predicted octanol–water partition coefficient (Wildman–Crippen LogP) is 6.25. The van der Waals surface area contributed by atoms with E-state index in [0.717, 1.165) is 11.1 Å². The molecule has 0 unspecified atom stereocenters. The summed E-state index contributed by atoms with van der Waals surface area (Å²) in [7, 11) is 1.33. The van der Waals surface area contributed by atoms with Crippen molar-refractivity contribution in [3.63, 3.8) is 0 Å². The van der Waals surface area contributed by atoms with Crippen molar-refractivity contribution < 1.29 is 23.9 Å². The summed E-state index contributed by atoms with van der Waals surface area (Å²) in [5.74, 6) is -2.04. The van der Waals surface area contributed by atoms with E-state index in [-0.39, 0.29) is 23.7 Å². The summed E-state index contributed by atoms with van der Waals surface area (Å²) < 4.78 is 11.2. The first-order chi connectivity index (χ1) is 17.5. The molecule has 1 fully saturated rings. The smallest absolute Gasteiger partial charge is 0.332 e. The fourth-order valence-corrected chi connectivity index (χ4v) is 6.43. The molecule has 1 aromatic carbocycles. The average Bonchev–Trinajstić information content (AvgIpc) is 3.42. The topological polar surface area (TPSA) is 85.8 Å². The molecule has 3 rings (SSSR count). The molecule has 1 aliphatic heterocycles. The van der Waals surface area contributed by atoms with Gasteiger partial charge in [-0.25, -0.2) is 9.78 Å². The van der Waals surface area contributed by atoms with Crippen LogP contribution in [-0.2, 0) is 24.5 Å². The fourth-order valence-electron chi connectivity index (χ4n) is 5.64. The van der Waals surface area contributed by atoms with Gasteiger partial charge in [-0.2, -0.15) is 0 Å². The van der Waals surface area contributed by atoms with Gasteiger partial charge in [-0.15, -0.1) is 11.3 Å². The normalized spacial score (nSPS) is 22.0. The second kappa shape index (κ2) is 10.8. The van der Waals surface area contributed by atoms with Crippen molar-refractivity contribution in [1.29, 1.82) is 0 Å². The van der Waals surface area contributed by atoms with E-state index in [0.29, 0.717) is 17.0 Å². The highest BCUT2D eigenvalue weighted by Gasteiger charge is 2.62. The number of carbonyl (C=O) groups excluding carboxylic acids is 3. The first kappa shape index (κ1) is 29.8. The molecular weight excluding hydrogens is 500 g/mol. The lowest BCUT2D eigenvalue weighted by Crippen LogP contribution is -2.56. The number of methoxy groups -OCH3 is 1. The number of hydrogen-bond acceptors (Lipinski definition) is 7. The first-order valence-corrected chi connectivity index (χ1v) is 14.1. The number of aryl methyl sites for hydroxylation is 1. The van der Waals surface area contributed by atoms with Crippen molar-refractivity contribution in [2.45, 2.75) is 97.8 Å². The van der Waals surface area contributed by atoms with Crippen molar-refractivity contribution in [3.05, 3.63) is 51.5 Å². The third-order valence-corrected chi connectivity index (χ3v) is 7.76. The van der Waals surface area contributed by atoms with Crippen LogP contribution in [0.1, 0.15) is 101 Å². The largest absolute Gasteiger partial charge is 0.469 e. The van der Waals surface area contributed by atoms with Gasteiger partial charge in [-0.05, 0) is 75.1 Å². The van der Waals surface area contributed by atoms with Gasteiger partial charge in [0.2, 0.25) is 0 Å². The Morgan fingerprint density at radius 1 is 1.16 bits per heavy atom. The van der Waals surface area contributed by atoms with Crippen LogP contribution in [0.3, 0.4) is 0 Å². The lowest BCUT2D eigenvalue weighted by atomic mass is 9.82. The summed E-state index contributed by atoms with van der Waals surface area (Å²) in [5.41, 5.74) is 0.352. The van der Waals surface area contributed by atoms with Gasteiger partial charge in [0, 0.05) is 17.1 Å². The van der Waals surface area contributed by atoms with Gasteiger partial charge >= 0.3 is 11.9 Å². The number of ether oxygens (including phenoxy) is 2. The molecule has 1 aromatic heterocycles. The van der Waals surface area contributed by atoms with Crippen molar-refractivity contribution in [2.24, 2.45) is 11.8 Å². The van der Waals surface area contributed by atoms with Gasteiger partial charge in [0.1, 0.15) is 16.1 Å². The minimum absolute atomic E-state index is 0.0381. The highest BCUT2D eigenvalue weighted by molar-refractivity contribution is 7.09. The van der Waals surface area contributed by atoms with Crippen molar-refractivity contribution in [1.82, 2.24) is 9.88 Å². The van der Waals surface area contributed by atoms with Crippen LogP contribution < -0.4 is 0 Å². The van der Waals surface area contributed by atoms with Gasteiger partial charge in [-0.3, -0.25) is 9.59 Å². The fraction of sp³-hybridized carbons (Fsp3) is 0.600. The second-order valence-corrected chi connectivity index (χ2v) is 13.7. The van der Waals surface area contributed by atoms with E-state index < -0.39 is 35.0 Å². The second-order valence-electron chi connectivity index (χ2n) is 12.7. The van der Waals surface area contributed by atoms with Crippen molar-refractivity contribution >= 4 is 29.2 Å². The van der Waals surface area contributed by atoms with Crippen LogP contribution in [0, 0.1) is 18.8 Å². The molecule has 0 radical (unpaired) electrons. The lowest BCUT2D eigenvalue weighted by molar-refractivity contribution is -0.168. The number of carbonyl (C=O) groups is 3. The monoisotopic (exact) mass is 542 g/mol. The number of benzene rings is 1. The summed E-state index contributed by atoms with van der Waals surface area (Å²) in [6.45, 7) is 17.8. The Bertz CT molecular complexity index is 1180. The van der Waals surface area contributed by atoms with Gasteiger partial charge < -0.3 is 14.4 Å². The number of hydrogen-bond donors (Lipinski definition) is 0. The molecular formula is C30H42N2O5S. The van der Waals surface area contributed by atoms with Gasteiger partial charge in [0.05, 0.1) is 19.1 Å². The van der Waals surface area contributed by atoms with E-state index in [9.17, 15) is 14.4 Å². The number of thiazole rings is 1. The number of aromatic nitrogens is 1. The molecule has 208 valence electrons. The average molecular weight is 543 g/mol. The molecule has 2 aromatic rings. The number of esters is 2. The van der Waals surface area contributed by atoms with Crippen LogP contribution in [-0.4, -0.2) is 46.0 Å². The SMILES string of the molecule is COC(=O)[C@H]1C[C@@](CC(C)C)(C(=O)OC(C)(C)C)N(C(=O)c2ccc(C(C)(C)C)c(C)c2)[C@H]1c1nccs1. The molecule has 0 N–H and O–H groups in total. The highest BCUT2D eigenvalue weighted by Crippen LogP contribution is 2.52. The zero-order chi connectivity index (χ0) is 28.6. The van der Waals surface area contributed by atoms with E-state index in [2.05, 4.69) is 25.8 Å². The molecule has 0 spiro atoms. The minimum Gasteiger partial charge on any atom is -0.469 e. The summed E-state index contributed by atoms with van der Waals surface area (Å²) in [4.78, 5) is 47.9. The number of nitrogens with zero attached hydrogens (tertiary/aromatic N) is 2. The molecule has 0 saturated carbocycles. The maximum atomic E-state index is 14.5. The Hall–Kier alpha value is -2.74. The van der Waals surface area contributed by atoms with Gasteiger partial charge in [0.25, 0.3) is 5.91 Å². The number of rotatable bonds is 6. The summed E-state index contributed by atoms with van der Waals surface area (Å²) in [6.07, 6.45) is 2.08. The number of amides is 1. The molecule has 2 heterocycles. The first-order valence-electron chi connectivity index (χ1n) is 13.2. The summed E-state index contributed by atoms with van der Waals surface area (Å²) >= 11 is 1.36. The standard InChI is InChI=1S/C30H42N2O5S/c1-18(2)16-30(27(35)37-29(7,8)9)17-21(26(34)36-10)23(24-31-13-14-38-24)32(30)25(33)20-11-12-22(19(3)15-20)28(4,5)6/h11-15,18,21,23H,16-17H2,1-10H3/t21-,23+,30-/m0/s1. The molecule has 7 nitrogen and oxygen atoms in total. The highest BCUT2D eigenvalue weighted by atomic mass is 32.1. The van der Waals surface area contributed by atoms with E-state index in [1.165, 1.54) is 18.4 Å². The Labute approximate surface area is 230 Å². The van der Waals surface area contributed by atoms with Crippen LogP contribution in [0.2, 0.25) is 0 Å². The third-order valence-electron chi connectivity index (χ3n) is 6.91. The Balaban J connectivity index is 2.28. The van der Waals surface area contributed by atoms with Crippen LogP contribution in [0.4, 0.5) is 0 Å². The zero-order valence-electron chi connectivity index (χ0n) is 24.4. The Morgan fingerprint density at radius 2 is 1.82 bits per heavy atom. The summed E-state index contributed by atoms with van der Waals surface area (Å²) in [5, 5.41) is 2.40. The van der Waals surface area contributed by atoms with Crippen LogP contribution in [0.15, 0.2) is 29.8 Å². The van der Waals surface area contributed by atoms with Crippen molar-refractivity contribution in [2.75, 3.05) is 7.11 Å². The van der Waals surface area contributed by atoms with Crippen LogP contribution in [0.25, 0.3) is 0 Å². The zero-order valence-corrected chi connectivity index (χ0v) is 25.2. The molecule has 1 amide bonds. The molecule has 0 bridgehead atoms. The molecule has 38 heavy (non-hydrogen) atoms. The molecule has 3 atom stereocenters. The predicted molar refractivity (Wildman–Crippen MR) is 149 cm³/mol. The molecule has 0 aliphatic carbocycles. The van der Waals surface area contributed by atoms with Crippen LogP contribution in [0.5, 0.6) is 0 Å². The van der Waals surface area contributed by atoms with Gasteiger partial charge in [0.15, 0.2) is 0 Å². The minimum atomic E-state index is -1.37. The number of likely N-dealkylation sites (tertiary alicyclic amines) is 1. The van der Waals surface area contributed by atoms with E-state index >= 15 is 0 Å². The van der Waals surface area contributed by atoms with E-state index in [1.54, 1.807) is 31.9 Å². The molecule has 1 saturated heterocycles.